The summed E-state index contributed by atoms with van der Waals surface area (Å²) in [7, 11) is 0. The van der Waals surface area contributed by atoms with E-state index in [1.807, 2.05) is 0 Å². The minimum absolute atomic E-state index is 0.385. The Kier molecular flexibility index (Phi) is 2.30. The molecule has 48 valence electrons. The molecule has 2 heteroatoms. The van der Waals surface area contributed by atoms with Gasteiger partial charge in [0, 0.05) is 5.92 Å². The van der Waals surface area contributed by atoms with E-state index < -0.39 is 0 Å². The summed E-state index contributed by atoms with van der Waals surface area (Å²) in [5.41, 5.74) is 0. The van der Waals surface area contributed by atoms with Crippen LogP contribution in [-0.2, 0) is 0 Å². The van der Waals surface area contributed by atoms with Gasteiger partial charge in [-0.1, -0.05) is 0 Å². The molecule has 1 heterocycles. The van der Waals surface area contributed by atoms with Crippen LogP contribution in [-0.4, -0.2) is 24.8 Å². The van der Waals surface area contributed by atoms with Crippen LogP contribution in [0.15, 0.2) is 0 Å². The van der Waals surface area contributed by atoms with Gasteiger partial charge in [0.2, 0.25) is 0 Å². The van der Waals surface area contributed by atoms with Crippen LogP contribution < -0.4 is 5.32 Å². The third-order valence-electron chi connectivity index (χ3n) is 1.78. The molecule has 1 atom stereocenters. The van der Waals surface area contributed by atoms with E-state index in [4.69, 9.17) is 5.11 Å². The van der Waals surface area contributed by atoms with Gasteiger partial charge >= 0.3 is 0 Å². The van der Waals surface area contributed by atoms with Crippen molar-refractivity contribution in [2.45, 2.75) is 12.8 Å². The molecular weight excluding hydrogens is 102 g/mol. The first-order valence-electron chi connectivity index (χ1n) is 3.36. The van der Waals surface area contributed by atoms with Crippen LogP contribution in [0.2, 0.25) is 0 Å². The number of hydrogen-bond donors (Lipinski definition) is 2. The fourth-order valence-electron chi connectivity index (χ4n) is 1.19. The standard InChI is InChI=1S/C6H13NO/c8-5-6-2-1-3-7-4-6/h6-8H,1-5H2/p+1/t6-/m1/s1. The lowest BCUT2D eigenvalue weighted by molar-refractivity contribution is -0.669. The summed E-state index contributed by atoms with van der Waals surface area (Å²) in [5.74, 6) is 0.587. The molecule has 0 bridgehead atoms. The highest BCUT2D eigenvalue weighted by atomic mass is 16.3. The molecule has 8 heavy (non-hydrogen) atoms. The van der Waals surface area contributed by atoms with E-state index in [0.29, 0.717) is 12.5 Å². The van der Waals surface area contributed by atoms with Crippen molar-refractivity contribution >= 4 is 0 Å². The van der Waals surface area contributed by atoms with Crippen molar-refractivity contribution in [1.29, 1.82) is 0 Å². The number of piperidine rings is 1. The van der Waals surface area contributed by atoms with Gasteiger partial charge in [0.15, 0.2) is 0 Å². The Morgan fingerprint density at radius 2 is 2.50 bits per heavy atom. The van der Waals surface area contributed by atoms with Gasteiger partial charge in [0.25, 0.3) is 0 Å². The van der Waals surface area contributed by atoms with Crippen molar-refractivity contribution in [3.05, 3.63) is 0 Å². The number of aliphatic hydroxyl groups excluding tert-OH is 1. The lowest BCUT2D eigenvalue weighted by atomic mass is 10.0. The smallest absolute Gasteiger partial charge is 0.0806 e. The van der Waals surface area contributed by atoms with Crippen LogP contribution in [0, 0.1) is 5.92 Å². The first-order chi connectivity index (χ1) is 3.93. The minimum atomic E-state index is 0.385. The maximum absolute atomic E-state index is 8.67. The SMILES string of the molecule is OC[C@@H]1CCC[NH2+]C1. The van der Waals surface area contributed by atoms with Crippen LogP contribution in [0.4, 0.5) is 0 Å². The molecule has 1 rings (SSSR count). The topological polar surface area (TPSA) is 36.8 Å². The molecule has 0 unspecified atom stereocenters. The molecular formula is C6H14NO+. The van der Waals surface area contributed by atoms with E-state index in [2.05, 4.69) is 5.32 Å². The van der Waals surface area contributed by atoms with Gasteiger partial charge in [-0.15, -0.1) is 0 Å². The quantitative estimate of drug-likeness (QED) is 0.451. The van der Waals surface area contributed by atoms with Crippen LogP contribution in [0.3, 0.4) is 0 Å². The molecule has 1 aliphatic heterocycles. The highest BCUT2D eigenvalue weighted by molar-refractivity contribution is 4.57. The fourth-order valence-corrected chi connectivity index (χ4v) is 1.19. The maximum atomic E-state index is 8.67. The molecule has 0 aromatic carbocycles. The van der Waals surface area contributed by atoms with Crippen LogP contribution in [0.5, 0.6) is 0 Å². The van der Waals surface area contributed by atoms with Gasteiger partial charge < -0.3 is 10.4 Å². The Morgan fingerprint density at radius 1 is 1.62 bits per heavy atom. The molecule has 0 aliphatic carbocycles. The number of hydrogen-bond acceptors (Lipinski definition) is 1. The molecule has 0 aromatic rings. The third-order valence-corrected chi connectivity index (χ3v) is 1.78. The lowest BCUT2D eigenvalue weighted by Crippen LogP contribution is -2.87. The molecule has 0 saturated carbocycles. The second-order valence-corrected chi connectivity index (χ2v) is 2.50. The van der Waals surface area contributed by atoms with Crippen LogP contribution in [0.25, 0.3) is 0 Å². The van der Waals surface area contributed by atoms with Crippen molar-refractivity contribution in [2.24, 2.45) is 5.92 Å². The van der Waals surface area contributed by atoms with Crippen molar-refractivity contribution in [3.8, 4) is 0 Å². The van der Waals surface area contributed by atoms with Gasteiger partial charge in [0.1, 0.15) is 0 Å². The zero-order valence-corrected chi connectivity index (χ0v) is 5.14. The predicted molar refractivity (Wildman–Crippen MR) is 31.5 cm³/mol. The highest BCUT2D eigenvalue weighted by Gasteiger charge is 2.13. The van der Waals surface area contributed by atoms with Gasteiger partial charge in [-0.2, -0.15) is 0 Å². The Labute approximate surface area is 49.9 Å². The third kappa shape index (κ3) is 1.46. The van der Waals surface area contributed by atoms with E-state index in [-0.39, 0.29) is 0 Å². The highest BCUT2D eigenvalue weighted by Crippen LogP contribution is 2.03. The zero-order chi connectivity index (χ0) is 5.82. The van der Waals surface area contributed by atoms with E-state index >= 15 is 0 Å². The summed E-state index contributed by atoms with van der Waals surface area (Å²) in [6.07, 6.45) is 2.51. The summed E-state index contributed by atoms with van der Waals surface area (Å²) in [6, 6.07) is 0. The summed E-state index contributed by atoms with van der Waals surface area (Å²) in [4.78, 5) is 0. The molecule has 1 aliphatic rings. The van der Waals surface area contributed by atoms with Crippen molar-refractivity contribution in [2.75, 3.05) is 19.7 Å². The first-order valence-corrected chi connectivity index (χ1v) is 3.36. The number of aliphatic hydroxyl groups is 1. The molecule has 1 saturated heterocycles. The fraction of sp³-hybridized carbons (Fsp3) is 1.00. The van der Waals surface area contributed by atoms with Gasteiger partial charge in [0.05, 0.1) is 19.7 Å². The average Bonchev–Trinajstić information content (AvgIpc) is 1.90. The van der Waals surface area contributed by atoms with Crippen LogP contribution >= 0.6 is 0 Å². The maximum Gasteiger partial charge on any atom is 0.0806 e. The molecule has 0 radical (unpaired) electrons. The van der Waals surface area contributed by atoms with E-state index in [1.54, 1.807) is 0 Å². The Hall–Kier alpha value is -0.0800. The Morgan fingerprint density at radius 3 is 2.88 bits per heavy atom. The first kappa shape index (κ1) is 6.05. The van der Waals surface area contributed by atoms with Gasteiger partial charge in [-0.05, 0) is 12.8 Å². The number of nitrogens with two attached hydrogens (primary N) is 1. The normalized spacial score (nSPS) is 30.4. The molecule has 0 spiro atoms. The molecule has 1 fully saturated rings. The second kappa shape index (κ2) is 3.05. The molecule has 3 N–H and O–H groups in total. The summed E-state index contributed by atoms with van der Waals surface area (Å²) < 4.78 is 0. The van der Waals surface area contributed by atoms with E-state index in [9.17, 15) is 0 Å². The van der Waals surface area contributed by atoms with Crippen molar-refractivity contribution < 1.29 is 10.4 Å². The number of rotatable bonds is 1. The molecule has 2 nitrogen and oxygen atoms in total. The van der Waals surface area contributed by atoms with Crippen LogP contribution in [0.1, 0.15) is 12.8 Å². The van der Waals surface area contributed by atoms with Crippen molar-refractivity contribution in [3.63, 3.8) is 0 Å². The number of quaternary nitrogens is 1. The largest absolute Gasteiger partial charge is 0.396 e. The lowest BCUT2D eigenvalue weighted by Gasteiger charge is -2.16. The molecule has 0 amide bonds. The van der Waals surface area contributed by atoms with Gasteiger partial charge in [-0.25, -0.2) is 0 Å². The Balaban J connectivity index is 2.13. The van der Waals surface area contributed by atoms with Gasteiger partial charge in [-0.3, -0.25) is 0 Å². The van der Waals surface area contributed by atoms with E-state index in [1.165, 1.54) is 19.4 Å². The summed E-state index contributed by atoms with van der Waals surface area (Å²) >= 11 is 0. The second-order valence-electron chi connectivity index (χ2n) is 2.50. The monoisotopic (exact) mass is 116 g/mol. The summed E-state index contributed by atoms with van der Waals surface area (Å²) in [6.45, 7) is 2.78. The van der Waals surface area contributed by atoms with E-state index in [0.717, 1.165) is 6.54 Å². The summed E-state index contributed by atoms with van der Waals surface area (Å²) in [5, 5.41) is 11.0. The minimum Gasteiger partial charge on any atom is -0.396 e. The predicted octanol–water partition coefficient (Wildman–Crippen LogP) is -1.05. The molecule has 0 aromatic heterocycles. The van der Waals surface area contributed by atoms with Crippen molar-refractivity contribution in [1.82, 2.24) is 0 Å². The Bertz CT molecular complexity index is 59.5. The zero-order valence-electron chi connectivity index (χ0n) is 5.14. The average molecular weight is 116 g/mol.